The zero-order chi connectivity index (χ0) is 16.1. The lowest BCUT2D eigenvalue weighted by Gasteiger charge is -2.29. The summed E-state index contributed by atoms with van der Waals surface area (Å²) < 4.78 is 21.5. The fourth-order valence-corrected chi connectivity index (χ4v) is 2.46. The molecule has 0 unspecified atom stereocenters. The molecule has 0 radical (unpaired) electrons. The van der Waals surface area contributed by atoms with Crippen LogP contribution in [0.4, 0.5) is 0 Å². The largest absolute Gasteiger partial charge is 0.497 e. The summed E-state index contributed by atoms with van der Waals surface area (Å²) in [6.07, 6.45) is 0.240. The van der Waals surface area contributed by atoms with Crippen LogP contribution in [0.15, 0.2) is 28.8 Å². The van der Waals surface area contributed by atoms with Crippen molar-refractivity contribution in [3.63, 3.8) is 0 Å². The molecule has 1 aromatic heterocycles. The van der Waals surface area contributed by atoms with Crippen LogP contribution >= 0.6 is 0 Å². The van der Waals surface area contributed by atoms with Gasteiger partial charge < -0.3 is 18.7 Å². The van der Waals surface area contributed by atoms with E-state index < -0.39 is 0 Å². The Kier molecular flexibility index (Phi) is 5.09. The molecule has 7 heteroatoms. The Morgan fingerprint density at radius 2 is 2.04 bits per heavy atom. The molecule has 1 aliphatic rings. The van der Waals surface area contributed by atoms with Crippen LogP contribution in [0.1, 0.15) is 18.6 Å². The molecule has 1 aliphatic heterocycles. The number of morpholine rings is 1. The van der Waals surface area contributed by atoms with E-state index in [1.54, 1.807) is 7.11 Å². The molecule has 1 saturated heterocycles. The van der Waals surface area contributed by atoms with Crippen molar-refractivity contribution in [3.8, 4) is 11.5 Å². The number of rotatable bonds is 6. The maximum Gasteiger partial charge on any atom is 0.240 e. The standard InChI is InChI=1S/C16H21N3O4/c1-12-9-19(7-8-21-12)10-16-17-15(18-23-16)11-22-14-5-3-13(20-2)4-6-14/h3-6,12H,7-11H2,1-2H3/t12-/m1/s1. The minimum atomic E-state index is 0.240. The van der Waals surface area contributed by atoms with Gasteiger partial charge in [-0.3, -0.25) is 4.90 Å². The monoisotopic (exact) mass is 319 g/mol. The van der Waals surface area contributed by atoms with Gasteiger partial charge in [-0.2, -0.15) is 4.98 Å². The molecule has 0 bridgehead atoms. The van der Waals surface area contributed by atoms with Crippen molar-refractivity contribution >= 4 is 0 Å². The van der Waals surface area contributed by atoms with Crippen LogP contribution in [0, 0.1) is 0 Å². The van der Waals surface area contributed by atoms with E-state index in [0.717, 1.165) is 31.2 Å². The van der Waals surface area contributed by atoms with Gasteiger partial charge in [0.1, 0.15) is 11.5 Å². The Balaban J connectivity index is 1.50. The fourth-order valence-electron chi connectivity index (χ4n) is 2.46. The quantitative estimate of drug-likeness (QED) is 0.805. The third-order valence-corrected chi connectivity index (χ3v) is 3.62. The first-order valence-electron chi connectivity index (χ1n) is 7.65. The van der Waals surface area contributed by atoms with Crippen LogP contribution in [0.2, 0.25) is 0 Å². The Bertz CT molecular complexity index is 614. The van der Waals surface area contributed by atoms with Crippen molar-refractivity contribution in [3.05, 3.63) is 36.0 Å². The molecule has 1 fully saturated rings. The van der Waals surface area contributed by atoms with Crippen molar-refractivity contribution in [1.29, 1.82) is 0 Å². The van der Waals surface area contributed by atoms with Gasteiger partial charge >= 0.3 is 0 Å². The highest BCUT2D eigenvalue weighted by Gasteiger charge is 2.19. The number of methoxy groups -OCH3 is 1. The average Bonchev–Trinajstić information content (AvgIpc) is 3.01. The molecule has 124 valence electrons. The van der Waals surface area contributed by atoms with E-state index in [1.807, 2.05) is 24.3 Å². The lowest BCUT2D eigenvalue weighted by atomic mass is 10.3. The Morgan fingerprint density at radius 3 is 2.78 bits per heavy atom. The molecule has 3 rings (SSSR count). The highest BCUT2D eigenvalue weighted by atomic mass is 16.5. The van der Waals surface area contributed by atoms with Crippen LogP contribution in [-0.4, -0.2) is 48.0 Å². The van der Waals surface area contributed by atoms with E-state index in [9.17, 15) is 0 Å². The smallest absolute Gasteiger partial charge is 0.240 e. The second-order valence-corrected chi connectivity index (χ2v) is 5.49. The number of hydrogen-bond donors (Lipinski definition) is 0. The lowest BCUT2D eigenvalue weighted by Crippen LogP contribution is -2.40. The predicted molar refractivity (Wildman–Crippen MR) is 82.3 cm³/mol. The van der Waals surface area contributed by atoms with Gasteiger partial charge in [0.15, 0.2) is 6.61 Å². The van der Waals surface area contributed by atoms with Gasteiger partial charge in [-0.1, -0.05) is 5.16 Å². The van der Waals surface area contributed by atoms with Crippen LogP contribution in [0.5, 0.6) is 11.5 Å². The van der Waals surface area contributed by atoms with E-state index in [4.69, 9.17) is 18.7 Å². The number of benzene rings is 1. The first-order chi connectivity index (χ1) is 11.2. The van der Waals surface area contributed by atoms with Gasteiger partial charge in [-0.15, -0.1) is 0 Å². The van der Waals surface area contributed by atoms with Crippen LogP contribution in [0.25, 0.3) is 0 Å². The number of aromatic nitrogens is 2. The van der Waals surface area contributed by atoms with Crippen molar-refractivity contribution < 1.29 is 18.7 Å². The maximum atomic E-state index is 5.64. The maximum absolute atomic E-state index is 5.64. The van der Waals surface area contributed by atoms with Gasteiger partial charge in [0.25, 0.3) is 0 Å². The SMILES string of the molecule is COc1ccc(OCc2noc(CN3CCO[C@H](C)C3)n2)cc1. The molecule has 1 aromatic carbocycles. The van der Waals surface area contributed by atoms with E-state index in [1.165, 1.54) is 0 Å². The summed E-state index contributed by atoms with van der Waals surface area (Å²) in [4.78, 5) is 6.61. The normalized spacial score (nSPS) is 18.8. The molecule has 23 heavy (non-hydrogen) atoms. The van der Waals surface area contributed by atoms with Crippen LogP contribution < -0.4 is 9.47 Å². The number of ether oxygens (including phenoxy) is 3. The molecule has 0 amide bonds. The zero-order valence-electron chi connectivity index (χ0n) is 13.4. The molecule has 0 saturated carbocycles. The molecule has 7 nitrogen and oxygen atoms in total. The molecule has 2 aromatic rings. The molecular formula is C16H21N3O4. The lowest BCUT2D eigenvalue weighted by molar-refractivity contribution is -0.0240. The first kappa shape index (κ1) is 15.8. The second kappa shape index (κ2) is 7.43. The summed E-state index contributed by atoms with van der Waals surface area (Å²) in [7, 11) is 1.63. The number of nitrogens with zero attached hydrogens (tertiary/aromatic N) is 3. The van der Waals surface area contributed by atoms with E-state index in [0.29, 0.717) is 18.3 Å². The first-order valence-corrected chi connectivity index (χ1v) is 7.65. The Hall–Kier alpha value is -2.12. The van der Waals surface area contributed by atoms with Crippen LogP contribution in [0.3, 0.4) is 0 Å². The van der Waals surface area contributed by atoms with Gasteiger partial charge in [-0.25, -0.2) is 0 Å². The van der Waals surface area contributed by atoms with Crippen LogP contribution in [-0.2, 0) is 17.9 Å². The highest BCUT2D eigenvalue weighted by Crippen LogP contribution is 2.18. The van der Waals surface area contributed by atoms with Gasteiger partial charge in [-0.05, 0) is 31.2 Å². The molecule has 0 spiro atoms. The van der Waals surface area contributed by atoms with Crippen molar-refractivity contribution in [2.75, 3.05) is 26.8 Å². The van der Waals surface area contributed by atoms with Crippen molar-refractivity contribution in [2.45, 2.75) is 26.2 Å². The summed E-state index contributed by atoms with van der Waals surface area (Å²) in [5.41, 5.74) is 0. The predicted octanol–water partition coefficient (Wildman–Crippen LogP) is 1.88. The molecule has 1 atom stereocenters. The summed E-state index contributed by atoms with van der Waals surface area (Å²) in [5, 5.41) is 3.96. The fraction of sp³-hybridized carbons (Fsp3) is 0.500. The van der Waals surface area contributed by atoms with Crippen molar-refractivity contribution in [1.82, 2.24) is 15.0 Å². The van der Waals surface area contributed by atoms with E-state index in [-0.39, 0.29) is 12.7 Å². The van der Waals surface area contributed by atoms with E-state index in [2.05, 4.69) is 22.0 Å². The number of hydrogen-bond acceptors (Lipinski definition) is 7. The second-order valence-electron chi connectivity index (χ2n) is 5.49. The third kappa shape index (κ3) is 4.43. The summed E-state index contributed by atoms with van der Waals surface area (Å²) in [5.74, 6) is 2.67. The van der Waals surface area contributed by atoms with E-state index >= 15 is 0 Å². The minimum absolute atomic E-state index is 0.240. The average molecular weight is 319 g/mol. The minimum Gasteiger partial charge on any atom is -0.497 e. The zero-order valence-corrected chi connectivity index (χ0v) is 13.4. The molecular weight excluding hydrogens is 298 g/mol. The summed E-state index contributed by atoms with van der Waals surface area (Å²) in [6.45, 7) is 5.47. The highest BCUT2D eigenvalue weighted by molar-refractivity contribution is 5.31. The Morgan fingerprint density at radius 1 is 1.26 bits per heavy atom. The van der Waals surface area contributed by atoms with Gasteiger partial charge in [0, 0.05) is 13.1 Å². The molecule has 0 aliphatic carbocycles. The Labute approximate surface area is 135 Å². The van der Waals surface area contributed by atoms with Crippen molar-refractivity contribution in [2.24, 2.45) is 0 Å². The topological polar surface area (TPSA) is 69.9 Å². The molecule has 2 heterocycles. The van der Waals surface area contributed by atoms with Gasteiger partial charge in [0.2, 0.25) is 11.7 Å². The third-order valence-electron chi connectivity index (χ3n) is 3.62. The molecule has 0 N–H and O–H groups in total. The summed E-state index contributed by atoms with van der Waals surface area (Å²) in [6, 6.07) is 7.37. The summed E-state index contributed by atoms with van der Waals surface area (Å²) >= 11 is 0. The van der Waals surface area contributed by atoms with Gasteiger partial charge in [0.05, 0.1) is 26.4 Å².